The summed E-state index contributed by atoms with van der Waals surface area (Å²) in [5.41, 5.74) is 9.86. The first kappa shape index (κ1) is 11.3. The van der Waals surface area contributed by atoms with Crippen molar-refractivity contribution in [2.24, 2.45) is 16.5 Å². The van der Waals surface area contributed by atoms with Gasteiger partial charge >= 0.3 is 0 Å². The van der Waals surface area contributed by atoms with Crippen LogP contribution in [0.15, 0.2) is 4.99 Å². The maximum atomic E-state index is 8.36. The Morgan fingerprint density at radius 1 is 1.80 bits per heavy atom. The summed E-state index contributed by atoms with van der Waals surface area (Å²) in [5.74, 6) is 0.164. The summed E-state index contributed by atoms with van der Waals surface area (Å²) in [6.07, 6.45) is 0. The highest BCUT2D eigenvalue weighted by atomic mass is 16.9. The summed E-state index contributed by atoms with van der Waals surface area (Å²) < 4.78 is 0. The lowest BCUT2D eigenvalue weighted by Crippen LogP contribution is -2.22. The molecule has 0 rings (SSSR count). The molecule has 0 amide bonds. The van der Waals surface area contributed by atoms with E-state index >= 15 is 0 Å². The van der Waals surface area contributed by atoms with Gasteiger partial charge in [-0.15, -0.1) is 10.1 Å². The molecule has 0 aliphatic rings. The molecule has 0 bridgehead atoms. The average molecular weight is 150 g/mol. The third-order valence-electron chi connectivity index (χ3n) is 0.341. The Morgan fingerprint density at radius 2 is 2.10 bits per heavy atom. The first-order valence-electron chi connectivity index (χ1n) is 2.39. The van der Waals surface area contributed by atoms with E-state index in [0.29, 0.717) is 6.54 Å². The second-order valence-corrected chi connectivity index (χ2v) is 1.14. The Labute approximate surface area is 57.5 Å². The van der Waals surface area contributed by atoms with Crippen molar-refractivity contribution in [2.75, 3.05) is 6.54 Å². The summed E-state index contributed by atoms with van der Waals surface area (Å²) >= 11 is 0. The second kappa shape index (κ2) is 7.47. The van der Waals surface area contributed by atoms with Crippen LogP contribution in [0.1, 0.15) is 6.92 Å². The molecule has 0 aromatic carbocycles. The number of rotatable bonds is 1. The molecule has 10 heavy (non-hydrogen) atoms. The van der Waals surface area contributed by atoms with Gasteiger partial charge in [-0.05, 0) is 6.92 Å². The van der Waals surface area contributed by atoms with Gasteiger partial charge in [0.25, 0.3) is 5.09 Å². The van der Waals surface area contributed by atoms with Crippen LogP contribution < -0.4 is 11.5 Å². The van der Waals surface area contributed by atoms with Crippen molar-refractivity contribution < 1.29 is 10.3 Å². The van der Waals surface area contributed by atoms with Crippen LogP contribution in [-0.2, 0) is 0 Å². The van der Waals surface area contributed by atoms with Crippen LogP contribution in [0.2, 0.25) is 0 Å². The molecular formula is C3H10N4O3. The zero-order chi connectivity index (χ0) is 8.57. The van der Waals surface area contributed by atoms with Crippen LogP contribution >= 0.6 is 0 Å². The molecule has 7 nitrogen and oxygen atoms in total. The lowest BCUT2D eigenvalue weighted by molar-refractivity contribution is -0.742. The highest BCUT2D eigenvalue weighted by Crippen LogP contribution is 1.58. The van der Waals surface area contributed by atoms with Gasteiger partial charge in [0, 0.05) is 6.54 Å². The predicted molar refractivity (Wildman–Crippen MR) is 35.1 cm³/mol. The predicted octanol–water partition coefficient (Wildman–Crippen LogP) is -1.07. The van der Waals surface area contributed by atoms with E-state index in [1.807, 2.05) is 6.92 Å². The number of nitrogens with two attached hydrogens (primary N) is 2. The molecule has 0 unspecified atom stereocenters. The average Bonchev–Trinajstić information content (AvgIpc) is 1.62. The molecule has 7 heteroatoms. The van der Waals surface area contributed by atoms with Crippen LogP contribution in [-0.4, -0.2) is 22.8 Å². The smallest absolute Gasteiger partial charge is 0.291 e. The van der Waals surface area contributed by atoms with Crippen LogP contribution in [0.25, 0.3) is 0 Å². The molecule has 0 radical (unpaired) electrons. The van der Waals surface area contributed by atoms with E-state index in [9.17, 15) is 0 Å². The van der Waals surface area contributed by atoms with Crippen LogP contribution in [0.4, 0.5) is 0 Å². The lowest BCUT2D eigenvalue weighted by Gasteiger charge is -1.82. The number of nitrogens with zero attached hydrogens (tertiary/aromatic N) is 2. The quantitative estimate of drug-likeness (QED) is 0.190. The maximum Gasteiger partial charge on any atom is 0.291 e. The first-order valence-corrected chi connectivity index (χ1v) is 2.39. The van der Waals surface area contributed by atoms with Crippen molar-refractivity contribution >= 4 is 5.96 Å². The fourth-order valence-electron chi connectivity index (χ4n) is 0.183. The van der Waals surface area contributed by atoms with Crippen molar-refractivity contribution in [2.45, 2.75) is 6.92 Å². The normalized spacial score (nSPS) is 6.90. The van der Waals surface area contributed by atoms with Crippen molar-refractivity contribution in [1.82, 2.24) is 0 Å². The molecule has 0 aliphatic heterocycles. The van der Waals surface area contributed by atoms with E-state index in [4.69, 9.17) is 26.8 Å². The molecule has 5 N–H and O–H groups in total. The Hall–Kier alpha value is -1.53. The van der Waals surface area contributed by atoms with Crippen molar-refractivity contribution in [3.63, 3.8) is 0 Å². The minimum absolute atomic E-state index is 0.164. The van der Waals surface area contributed by atoms with Gasteiger partial charge in [0.15, 0.2) is 5.96 Å². The Morgan fingerprint density at radius 3 is 2.10 bits per heavy atom. The Bertz CT molecular complexity index is 115. The minimum Gasteiger partial charge on any atom is -0.370 e. The number of hydrogen-bond donors (Lipinski definition) is 3. The molecule has 60 valence electrons. The van der Waals surface area contributed by atoms with E-state index in [1.54, 1.807) is 0 Å². The van der Waals surface area contributed by atoms with Gasteiger partial charge in [0.2, 0.25) is 0 Å². The summed E-state index contributed by atoms with van der Waals surface area (Å²) in [5, 5.41) is 13.6. The molecule has 0 saturated heterocycles. The highest BCUT2D eigenvalue weighted by Gasteiger charge is 1.68. The van der Waals surface area contributed by atoms with Crippen molar-refractivity contribution in [3.05, 3.63) is 10.1 Å². The maximum absolute atomic E-state index is 8.36. The van der Waals surface area contributed by atoms with Crippen molar-refractivity contribution in [3.8, 4) is 0 Å². The fraction of sp³-hybridized carbons (Fsp3) is 0.667. The van der Waals surface area contributed by atoms with E-state index < -0.39 is 5.09 Å². The Kier molecular flexibility index (Phi) is 8.43. The topological polar surface area (TPSA) is 128 Å². The number of guanidine groups is 1. The third kappa shape index (κ3) is 89.6. The molecule has 0 aromatic rings. The fourth-order valence-corrected chi connectivity index (χ4v) is 0.183. The Balaban J connectivity index is 0. The highest BCUT2D eigenvalue weighted by molar-refractivity contribution is 5.75. The number of hydrogen-bond acceptors (Lipinski definition) is 3. The van der Waals surface area contributed by atoms with Crippen molar-refractivity contribution in [1.29, 1.82) is 0 Å². The molecular weight excluding hydrogens is 140 g/mol. The summed E-state index contributed by atoms with van der Waals surface area (Å²) in [6.45, 7) is 2.54. The van der Waals surface area contributed by atoms with Crippen LogP contribution in [0, 0.1) is 10.1 Å². The SMILES string of the molecule is CCN=C(N)N.O=[N+]([O-])O. The van der Waals surface area contributed by atoms with Crippen LogP contribution in [0.5, 0.6) is 0 Å². The first-order chi connectivity index (χ1) is 4.50. The molecule has 0 aromatic heterocycles. The molecule has 0 atom stereocenters. The van der Waals surface area contributed by atoms with E-state index in [-0.39, 0.29) is 5.96 Å². The van der Waals surface area contributed by atoms with E-state index in [0.717, 1.165) is 0 Å². The van der Waals surface area contributed by atoms with E-state index in [2.05, 4.69) is 4.99 Å². The zero-order valence-electron chi connectivity index (χ0n) is 5.52. The van der Waals surface area contributed by atoms with Gasteiger partial charge in [0.1, 0.15) is 0 Å². The van der Waals surface area contributed by atoms with Gasteiger partial charge in [-0.1, -0.05) is 0 Å². The standard InChI is InChI=1S/C3H9N3.HNO3/c1-2-6-3(4)5;2-1(3)4/h2H2,1H3,(H4,4,5,6);(H,2,3,4). The van der Waals surface area contributed by atoms with Gasteiger partial charge in [-0.3, -0.25) is 4.99 Å². The monoisotopic (exact) mass is 150 g/mol. The molecule has 0 saturated carbocycles. The second-order valence-electron chi connectivity index (χ2n) is 1.14. The van der Waals surface area contributed by atoms with Crippen LogP contribution in [0.3, 0.4) is 0 Å². The van der Waals surface area contributed by atoms with Gasteiger partial charge < -0.3 is 16.7 Å². The summed E-state index contributed by atoms with van der Waals surface area (Å²) in [4.78, 5) is 12.0. The largest absolute Gasteiger partial charge is 0.370 e. The summed E-state index contributed by atoms with van der Waals surface area (Å²) in [7, 11) is 0. The summed E-state index contributed by atoms with van der Waals surface area (Å²) in [6, 6.07) is 0. The third-order valence-corrected chi connectivity index (χ3v) is 0.341. The molecule has 0 spiro atoms. The minimum atomic E-state index is -1.50. The molecule has 0 fully saturated rings. The number of aliphatic imine (C=N–C) groups is 1. The van der Waals surface area contributed by atoms with E-state index in [1.165, 1.54) is 0 Å². The van der Waals surface area contributed by atoms with Gasteiger partial charge in [-0.2, -0.15) is 0 Å². The molecule has 0 heterocycles. The van der Waals surface area contributed by atoms with Gasteiger partial charge in [-0.25, -0.2) is 0 Å². The molecule has 0 aliphatic carbocycles. The van der Waals surface area contributed by atoms with Gasteiger partial charge in [0.05, 0.1) is 0 Å². The zero-order valence-corrected chi connectivity index (χ0v) is 5.52. The lowest BCUT2D eigenvalue weighted by atomic mass is 10.8.